The van der Waals surface area contributed by atoms with E-state index in [0.29, 0.717) is 12.6 Å². The van der Waals surface area contributed by atoms with Gasteiger partial charge in [0, 0.05) is 32.7 Å². The van der Waals surface area contributed by atoms with E-state index in [1.165, 1.54) is 5.56 Å². The molecule has 0 radical (unpaired) electrons. The molecule has 31 heavy (non-hydrogen) atoms. The smallest absolute Gasteiger partial charge is 0.194 e. The molecule has 0 spiro atoms. The van der Waals surface area contributed by atoms with Crippen LogP contribution in [-0.4, -0.2) is 72.3 Å². The topological polar surface area (TPSA) is 60.3 Å². The third-order valence-corrected chi connectivity index (χ3v) is 6.12. The average molecular weight is 423 g/mol. The van der Waals surface area contributed by atoms with Crippen LogP contribution in [0.5, 0.6) is 0 Å². The third-order valence-electron chi connectivity index (χ3n) is 6.12. The van der Waals surface area contributed by atoms with Gasteiger partial charge in [-0.05, 0) is 25.0 Å². The summed E-state index contributed by atoms with van der Waals surface area (Å²) in [6.45, 7) is 9.60. The molecule has 0 amide bonds. The van der Waals surface area contributed by atoms with Gasteiger partial charge in [0.05, 0.1) is 31.4 Å². The number of nitrogens with one attached hydrogen (secondary N) is 1. The van der Waals surface area contributed by atoms with E-state index in [1.807, 2.05) is 31.2 Å². The fraction of sp³-hybridized carbons (Fsp3) is 0.480. The summed E-state index contributed by atoms with van der Waals surface area (Å²) >= 11 is 0. The molecule has 0 bridgehead atoms. The molecule has 0 aromatic heterocycles. The van der Waals surface area contributed by atoms with Gasteiger partial charge < -0.3 is 20.1 Å². The van der Waals surface area contributed by atoms with E-state index in [4.69, 9.17) is 9.73 Å². The van der Waals surface area contributed by atoms with Gasteiger partial charge in [-0.1, -0.05) is 60.2 Å². The molecule has 0 saturated carbocycles. The minimum atomic E-state index is -0.607. The van der Waals surface area contributed by atoms with Gasteiger partial charge in [-0.25, -0.2) is 0 Å². The second-order valence-electron chi connectivity index (χ2n) is 8.46. The maximum atomic E-state index is 10.6. The van der Waals surface area contributed by atoms with Crippen molar-refractivity contribution >= 4 is 5.96 Å². The fourth-order valence-electron chi connectivity index (χ4n) is 4.53. The number of aliphatic hydroxyl groups excluding tert-OH is 1. The zero-order valence-electron chi connectivity index (χ0n) is 18.6. The van der Waals surface area contributed by atoms with Gasteiger partial charge in [-0.2, -0.15) is 0 Å². The third kappa shape index (κ3) is 5.45. The van der Waals surface area contributed by atoms with Crippen LogP contribution in [0.2, 0.25) is 0 Å². The van der Waals surface area contributed by atoms with Crippen molar-refractivity contribution in [1.29, 1.82) is 0 Å². The number of benzene rings is 2. The van der Waals surface area contributed by atoms with Crippen LogP contribution < -0.4 is 5.32 Å². The van der Waals surface area contributed by atoms with Crippen LogP contribution in [0.4, 0.5) is 0 Å². The number of aliphatic imine (C=N–C) groups is 1. The first-order chi connectivity index (χ1) is 15.1. The highest BCUT2D eigenvalue weighted by molar-refractivity contribution is 5.80. The van der Waals surface area contributed by atoms with Crippen molar-refractivity contribution in [2.75, 3.05) is 39.3 Å². The van der Waals surface area contributed by atoms with Crippen molar-refractivity contribution in [3.8, 4) is 0 Å². The average Bonchev–Trinajstić information content (AvgIpc) is 3.22. The molecule has 166 valence electrons. The molecule has 2 N–H and O–H groups in total. The first-order valence-electron chi connectivity index (χ1n) is 11.3. The summed E-state index contributed by atoms with van der Waals surface area (Å²) < 4.78 is 6.12. The molecule has 2 aromatic carbocycles. The number of ether oxygens (including phenoxy) is 1. The number of hydrogen-bond donors (Lipinski definition) is 2. The molecule has 6 nitrogen and oxygen atoms in total. The number of guanidine groups is 1. The largest absolute Gasteiger partial charge is 0.386 e. The monoisotopic (exact) mass is 422 g/mol. The summed E-state index contributed by atoms with van der Waals surface area (Å²) in [5.41, 5.74) is 3.39. The lowest BCUT2D eigenvalue weighted by Gasteiger charge is -2.36. The van der Waals surface area contributed by atoms with Crippen LogP contribution in [0.15, 0.2) is 59.6 Å². The zero-order chi connectivity index (χ0) is 21.6. The molecule has 2 aliphatic heterocycles. The molecule has 2 heterocycles. The summed E-state index contributed by atoms with van der Waals surface area (Å²) in [5, 5.41) is 14.0. The number of hydrogen-bond acceptors (Lipinski definition) is 4. The highest BCUT2D eigenvalue weighted by Gasteiger charge is 2.41. The predicted octanol–water partition coefficient (Wildman–Crippen LogP) is 2.58. The van der Waals surface area contributed by atoms with E-state index in [9.17, 15) is 5.11 Å². The van der Waals surface area contributed by atoms with Gasteiger partial charge in [0.2, 0.25) is 0 Å². The molecule has 2 saturated heterocycles. The second kappa shape index (κ2) is 10.3. The molecule has 2 aromatic rings. The molecule has 2 fully saturated rings. The molecular weight excluding hydrogens is 388 g/mol. The lowest BCUT2D eigenvalue weighted by atomic mass is 10.1. The van der Waals surface area contributed by atoms with Crippen LogP contribution in [0, 0.1) is 6.92 Å². The number of nitrogens with zero attached hydrogens (tertiary/aromatic N) is 3. The summed E-state index contributed by atoms with van der Waals surface area (Å²) in [6, 6.07) is 19.0. The SMILES string of the molecule is CCNC(=NCC(O)c1cccc(C)c1)N1CC2OCCN(Cc3ccccc3)C2C1. The first-order valence-corrected chi connectivity index (χ1v) is 11.3. The van der Waals surface area contributed by atoms with E-state index in [1.54, 1.807) is 0 Å². The Bertz CT molecular complexity index is 873. The van der Waals surface area contributed by atoms with Gasteiger partial charge in [-0.15, -0.1) is 0 Å². The molecule has 0 aliphatic carbocycles. The van der Waals surface area contributed by atoms with Crippen molar-refractivity contribution < 1.29 is 9.84 Å². The minimum Gasteiger partial charge on any atom is -0.386 e. The molecular formula is C25H34N4O2. The summed E-state index contributed by atoms with van der Waals surface area (Å²) in [7, 11) is 0. The summed E-state index contributed by atoms with van der Waals surface area (Å²) in [4.78, 5) is 9.59. The number of likely N-dealkylation sites (tertiary alicyclic amines) is 1. The number of aliphatic hydroxyl groups is 1. The van der Waals surface area contributed by atoms with E-state index in [2.05, 4.69) is 52.4 Å². The Hall–Kier alpha value is -2.41. The van der Waals surface area contributed by atoms with Crippen LogP contribution >= 0.6 is 0 Å². The maximum absolute atomic E-state index is 10.6. The highest BCUT2D eigenvalue weighted by atomic mass is 16.5. The Morgan fingerprint density at radius 1 is 1.19 bits per heavy atom. The second-order valence-corrected chi connectivity index (χ2v) is 8.46. The van der Waals surface area contributed by atoms with Gasteiger partial charge in [0.15, 0.2) is 5.96 Å². The molecule has 6 heteroatoms. The number of aryl methyl sites for hydroxylation is 1. The maximum Gasteiger partial charge on any atom is 0.194 e. The van der Waals surface area contributed by atoms with E-state index in [0.717, 1.165) is 56.4 Å². The standard InChI is InChI=1S/C25H34N4O2/c1-3-26-25(27-15-23(30)21-11-7-8-19(2)14-21)29-17-22-24(18-29)31-13-12-28(22)16-20-9-5-4-6-10-20/h4-11,14,22-24,30H,3,12-13,15-18H2,1-2H3,(H,26,27). The van der Waals surface area contributed by atoms with Gasteiger partial charge >= 0.3 is 0 Å². The molecule has 3 unspecified atom stereocenters. The fourth-order valence-corrected chi connectivity index (χ4v) is 4.53. The summed E-state index contributed by atoms with van der Waals surface area (Å²) in [6.07, 6.45) is -0.424. The number of fused-ring (bicyclic) bond motifs is 1. The van der Waals surface area contributed by atoms with Crippen molar-refractivity contribution in [1.82, 2.24) is 15.1 Å². The van der Waals surface area contributed by atoms with Gasteiger partial charge in [0.25, 0.3) is 0 Å². The van der Waals surface area contributed by atoms with Gasteiger partial charge in [-0.3, -0.25) is 9.89 Å². The Balaban J connectivity index is 1.43. The first kappa shape index (κ1) is 21.8. The lowest BCUT2D eigenvalue weighted by molar-refractivity contribution is -0.0502. The van der Waals surface area contributed by atoms with Crippen molar-refractivity contribution in [3.63, 3.8) is 0 Å². The van der Waals surface area contributed by atoms with E-state index < -0.39 is 6.10 Å². The summed E-state index contributed by atoms with van der Waals surface area (Å²) in [5.74, 6) is 0.854. The molecule has 4 rings (SSSR count). The Labute approximate surface area is 185 Å². The van der Waals surface area contributed by atoms with Crippen LogP contribution in [-0.2, 0) is 11.3 Å². The van der Waals surface area contributed by atoms with Gasteiger partial charge in [0.1, 0.15) is 0 Å². The zero-order valence-corrected chi connectivity index (χ0v) is 18.6. The lowest BCUT2D eigenvalue weighted by Crippen LogP contribution is -2.50. The van der Waals surface area contributed by atoms with Crippen molar-refractivity contribution in [2.45, 2.75) is 38.6 Å². The highest BCUT2D eigenvalue weighted by Crippen LogP contribution is 2.25. The molecule has 2 aliphatic rings. The Kier molecular flexibility index (Phi) is 7.22. The van der Waals surface area contributed by atoms with E-state index >= 15 is 0 Å². The molecule has 3 atom stereocenters. The minimum absolute atomic E-state index is 0.183. The van der Waals surface area contributed by atoms with E-state index in [-0.39, 0.29) is 6.10 Å². The van der Waals surface area contributed by atoms with Crippen molar-refractivity contribution in [3.05, 3.63) is 71.3 Å². The van der Waals surface area contributed by atoms with Crippen LogP contribution in [0.25, 0.3) is 0 Å². The predicted molar refractivity (Wildman–Crippen MR) is 124 cm³/mol. The normalized spacial score (nSPS) is 22.9. The Morgan fingerprint density at radius 3 is 2.81 bits per heavy atom. The Morgan fingerprint density at radius 2 is 2.03 bits per heavy atom. The number of morpholine rings is 1. The van der Waals surface area contributed by atoms with Crippen LogP contribution in [0.3, 0.4) is 0 Å². The number of rotatable bonds is 6. The quantitative estimate of drug-likeness (QED) is 0.554. The van der Waals surface area contributed by atoms with Crippen LogP contribution in [0.1, 0.15) is 29.7 Å². The van der Waals surface area contributed by atoms with Crippen molar-refractivity contribution in [2.24, 2.45) is 4.99 Å².